The number of likely N-dealkylation sites (tertiary alicyclic amines) is 1. The second-order valence-electron chi connectivity index (χ2n) is 7.99. The van der Waals surface area contributed by atoms with Gasteiger partial charge in [0.15, 0.2) is 11.6 Å². The highest BCUT2D eigenvalue weighted by Gasteiger charge is 2.44. The number of carbonyl (C=O) groups is 2. The summed E-state index contributed by atoms with van der Waals surface area (Å²) in [7, 11) is 0. The summed E-state index contributed by atoms with van der Waals surface area (Å²) in [6.07, 6.45) is 3.68. The van der Waals surface area contributed by atoms with Crippen LogP contribution in [0, 0.1) is 24.5 Å². The molecular weight excluding hydrogens is 368 g/mol. The maximum atomic E-state index is 14.1. The van der Waals surface area contributed by atoms with E-state index in [-0.39, 0.29) is 17.0 Å². The van der Waals surface area contributed by atoms with Gasteiger partial charge in [0, 0.05) is 38.9 Å². The lowest BCUT2D eigenvalue weighted by Gasteiger charge is -2.37. The van der Waals surface area contributed by atoms with Gasteiger partial charge in [0.05, 0.1) is 5.56 Å². The predicted molar refractivity (Wildman–Crippen MR) is 97.8 cm³/mol. The first kappa shape index (κ1) is 18.8. The van der Waals surface area contributed by atoms with Crippen molar-refractivity contribution in [1.82, 2.24) is 10.2 Å². The minimum absolute atomic E-state index is 0.163. The average molecular weight is 391 g/mol. The lowest BCUT2D eigenvalue weighted by Crippen LogP contribution is -2.47. The number of nitrogens with one attached hydrogen (secondary N) is 1. The molecule has 1 saturated heterocycles. The summed E-state index contributed by atoms with van der Waals surface area (Å²) in [6.45, 7) is 2.79. The monoisotopic (exact) mass is 391 g/mol. The van der Waals surface area contributed by atoms with Gasteiger partial charge in [0.2, 0.25) is 0 Å². The molecule has 0 aromatic heterocycles. The number of rotatable bonds is 4. The maximum Gasteiger partial charge on any atom is 0.269 e. The van der Waals surface area contributed by atoms with Crippen LogP contribution in [0.2, 0.25) is 0 Å². The van der Waals surface area contributed by atoms with E-state index < -0.39 is 23.1 Å². The molecule has 0 atom stereocenters. The highest BCUT2D eigenvalue weighted by molar-refractivity contribution is 6.39. The van der Waals surface area contributed by atoms with E-state index in [1.54, 1.807) is 0 Å². The maximum absolute atomic E-state index is 14.1. The fraction of sp³-hybridized carbons (Fsp3) is 0.550. The molecule has 1 spiro atoms. The Morgan fingerprint density at radius 3 is 2.64 bits per heavy atom. The van der Waals surface area contributed by atoms with Crippen LogP contribution in [0.3, 0.4) is 0 Å². The summed E-state index contributed by atoms with van der Waals surface area (Å²) >= 11 is 0. The summed E-state index contributed by atoms with van der Waals surface area (Å²) in [4.78, 5) is 31.9. The van der Waals surface area contributed by atoms with Gasteiger partial charge in [-0.25, -0.2) is 8.78 Å². The second-order valence-corrected chi connectivity index (χ2v) is 7.99. The molecule has 1 aliphatic carbocycles. The third-order valence-corrected chi connectivity index (χ3v) is 5.82. The van der Waals surface area contributed by atoms with E-state index in [1.165, 1.54) is 24.0 Å². The van der Waals surface area contributed by atoms with Crippen LogP contribution >= 0.6 is 0 Å². The van der Waals surface area contributed by atoms with E-state index in [0.717, 1.165) is 12.8 Å². The van der Waals surface area contributed by atoms with E-state index in [2.05, 4.69) is 10.5 Å². The molecule has 8 heteroatoms. The van der Waals surface area contributed by atoms with Crippen LogP contribution < -0.4 is 5.32 Å². The minimum atomic E-state index is -1.11. The quantitative estimate of drug-likeness (QED) is 0.858. The number of benzene rings is 1. The Kier molecular flexibility index (Phi) is 4.81. The van der Waals surface area contributed by atoms with Crippen LogP contribution in [-0.2, 0) is 9.63 Å². The van der Waals surface area contributed by atoms with Crippen molar-refractivity contribution in [3.05, 3.63) is 34.9 Å². The van der Waals surface area contributed by atoms with Crippen LogP contribution in [0.5, 0.6) is 0 Å². The molecule has 28 heavy (non-hydrogen) atoms. The van der Waals surface area contributed by atoms with E-state index in [1.807, 2.05) is 0 Å². The number of piperidine rings is 1. The van der Waals surface area contributed by atoms with Crippen LogP contribution in [-0.4, -0.2) is 47.7 Å². The average Bonchev–Trinajstić information content (AvgIpc) is 3.44. The summed E-state index contributed by atoms with van der Waals surface area (Å²) in [5.41, 5.74) is -0.314. The van der Waals surface area contributed by atoms with Crippen molar-refractivity contribution in [2.75, 3.05) is 19.6 Å². The van der Waals surface area contributed by atoms with Crippen molar-refractivity contribution in [2.24, 2.45) is 11.1 Å². The Balaban J connectivity index is 1.34. The predicted octanol–water partition coefficient (Wildman–Crippen LogP) is 2.55. The zero-order valence-corrected chi connectivity index (χ0v) is 15.8. The van der Waals surface area contributed by atoms with Gasteiger partial charge in [0.25, 0.3) is 11.8 Å². The molecule has 2 fully saturated rings. The van der Waals surface area contributed by atoms with Crippen molar-refractivity contribution in [2.45, 2.75) is 44.6 Å². The number of hydrogen-bond acceptors (Lipinski definition) is 4. The number of hydrogen-bond donors (Lipinski definition) is 1. The zero-order valence-electron chi connectivity index (χ0n) is 15.8. The summed E-state index contributed by atoms with van der Waals surface area (Å²) in [6, 6.07) is 2.72. The molecule has 0 unspecified atom stereocenters. The van der Waals surface area contributed by atoms with Crippen molar-refractivity contribution in [1.29, 1.82) is 0 Å². The van der Waals surface area contributed by atoms with Gasteiger partial charge < -0.3 is 15.1 Å². The summed E-state index contributed by atoms with van der Waals surface area (Å²) < 4.78 is 27.9. The van der Waals surface area contributed by atoms with Crippen molar-refractivity contribution >= 4 is 17.5 Å². The highest BCUT2D eigenvalue weighted by Crippen LogP contribution is 2.35. The van der Waals surface area contributed by atoms with Gasteiger partial charge in [-0.1, -0.05) is 11.2 Å². The smallest absolute Gasteiger partial charge is 0.269 e. The molecule has 2 aliphatic heterocycles. The van der Waals surface area contributed by atoms with E-state index >= 15 is 0 Å². The first-order valence-corrected chi connectivity index (χ1v) is 9.66. The van der Waals surface area contributed by atoms with Gasteiger partial charge in [-0.2, -0.15) is 0 Å². The molecule has 0 radical (unpaired) electrons. The molecule has 1 N–H and O–H groups in total. The standard InChI is InChI=1S/C20H23F2N3O3/c1-12-2-5-14(17(22)16(12)21)19(27)25-8-6-20(7-9-25)10-15(24-28-20)18(26)23-11-13-3-4-13/h2,5,13H,3-4,6-11H2,1H3,(H,23,26). The molecule has 2 amide bonds. The Labute approximate surface area is 161 Å². The molecule has 150 valence electrons. The van der Waals surface area contributed by atoms with Crippen LogP contribution in [0.15, 0.2) is 17.3 Å². The Hall–Kier alpha value is -2.51. The number of amides is 2. The normalized spacial score (nSPS) is 20.7. The van der Waals surface area contributed by atoms with Gasteiger partial charge in [-0.15, -0.1) is 0 Å². The van der Waals surface area contributed by atoms with E-state index in [0.29, 0.717) is 50.5 Å². The third-order valence-electron chi connectivity index (χ3n) is 5.82. The van der Waals surface area contributed by atoms with Crippen LogP contribution in [0.25, 0.3) is 0 Å². The van der Waals surface area contributed by atoms with Gasteiger partial charge in [0.1, 0.15) is 11.3 Å². The highest BCUT2D eigenvalue weighted by atomic mass is 19.2. The molecule has 3 aliphatic rings. The zero-order chi connectivity index (χ0) is 19.9. The number of halogens is 2. The Morgan fingerprint density at radius 1 is 1.25 bits per heavy atom. The largest absolute Gasteiger partial charge is 0.388 e. The third kappa shape index (κ3) is 3.59. The molecule has 1 aromatic rings. The lowest BCUT2D eigenvalue weighted by atomic mass is 9.86. The first-order valence-electron chi connectivity index (χ1n) is 9.66. The van der Waals surface area contributed by atoms with Crippen molar-refractivity contribution < 1.29 is 23.2 Å². The van der Waals surface area contributed by atoms with E-state index in [9.17, 15) is 18.4 Å². The molecule has 4 rings (SSSR count). The van der Waals surface area contributed by atoms with Gasteiger partial charge in [-0.3, -0.25) is 9.59 Å². The van der Waals surface area contributed by atoms with Gasteiger partial charge in [-0.05, 0) is 37.3 Å². The Bertz CT molecular complexity index is 843. The molecule has 6 nitrogen and oxygen atoms in total. The second kappa shape index (κ2) is 7.14. The topological polar surface area (TPSA) is 71.0 Å². The van der Waals surface area contributed by atoms with Crippen molar-refractivity contribution in [3.8, 4) is 0 Å². The number of nitrogens with zero attached hydrogens (tertiary/aromatic N) is 2. The Morgan fingerprint density at radius 2 is 1.96 bits per heavy atom. The van der Waals surface area contributed by atoms with Crippen molar-refractivity contribution in [3.63, 3.8) is 0 Å². The molecule has 2 heterocycles. The molecular formula is C20H23F2N3O3. The summed E-state index contributed by atoms with van der Waals surface area (Å²) in [5, 5.41) is 6.85. The SMILES string of the molecule is Cc1ccc(C(=O)N2CCC3(CC2)CC(C(=O)NCC2CC2)=NO3)c(F)c1F. The number of carbonyl (C=O) groups excluding carboxylic acids is 2. The summed E-state index contributed by atoms with van der Waals surface area (Å²) in [5.74, 6) is -2.25. The van der Waals surface area contributed by atoms with Crippen LogP contribution in [0.4, 0.5) is 8.78 Å². The van der Waals surface area contributed by atoms with E-state index in [4.69, 9.17) is 4.84 Å². The fourth-order valence-electron chi connectivity index (χ4n) is 3.67. The fourth-order valence-corrected chi connectivity index (χ4v) is 3.67. The van der Waals surface area contributed by atoms with Crippen LogP contribution in [0.1, 0.15) is 48.0 Å². The number of aryl methyl sites for hydroxylation is 1. The number of oxime groups is 1. The molecule has 0 bridgehead atoms. The minimum Gasteiger partial charge on any atom is -0.388 e. The first-order chi connectivity index (χ1) is 13.4. The van der Waals surface area contributed by atoms with Gasteiger partial charge >= 0.3 is 0 Å². The molecule has 1 saturated carbocycles. The molecule has 1 aromatic carbocycles. The lowest BCUT2D eigenvalue weighted by molar-refractivity contribution is -0.115.